The average Bonchev–Trinajstić information content (AvgIpc) is 3.11. The average molecular weight is 408 g/mol. The molecule has 31 heavy (non-hydrogen) atoms. The van der Waals surface area contributed by atoms with Crippen molar-refractivity contribution >= 4 is 38.7 Å². The fourth-order valence-corrected chi connectivity index (χ4v) is 4.86. The van der Waals surface area contributed by atoms with Crippen molar-refractivity contribution in [3.63, 3.8) is 0 Å². The molecule has 0 spiro atoms. The smallest absolute Gasteiger partial charge is 0.212 e. The first kappa shape index (κ1) is 19.8. The largest absolute Gasteiger partial charge is 0.340 e. The molecule has 0 amide bonds. The van der Waals surface area contributed by atoms with Gasteiger partial charge in [0.05, 0.1) is 5.35 Å². The summed E-state index contributed by atoms with van der Waals surface area (Å²) in [6.45, 7) is 6.64. The summed E-state index contributed by atoms with van der Waals surface area (Å²) in [6, 6.07) is 26.8. The first-order chi connectivity index (χ1) is 15.3. The topological polar surface area (TPSA) is 8.81 Å². The van der Waals surface area contributed by atoms with E-state index in [1.807, 2.05) is 0 Å². The van der Waals surface area contributed by atoms with Crippen LogP contribution in [-0.4, -0.2) is 4.57 Å². The molecule has 2 heterocycles. The predicted octanol–water partition coefficient (Wildman–Crippen LogP) is 6.38. The third-order valence-electron chi connectivity index (χ3n) is 6.47. The second-order valence-electron chi connectivity index (χ2n) is 8.54. The van der Waals surface area contributed by atoms with Gasteiger partial charge in [0.15, 0.2) is 0 Å². The van der Waals surface area contributed by atoms with Crippen LogP contribution in [0, 0.1) is 0 Å². The number of aromatic nitrogens is 2. The maximum atomic E-state index is 2.54. The lowest BCUT2D eigenvalue weighted by Crippen LogP contribution is -2.38. The van der Waals surface area contributed by atoms with Gasteiger partial charge in [-0.15, -0.1) is 0 Å². The van der Waals surface area contributed by atoms with Crippen molar-refractivity contribution in [1.82, 2.24) is 4.57 Å². The van der Waals surface area contributed by atoms with E-state index in [4.69, 9.17) is 0 Å². The number of aryl methyl sites for hydroxylation is 2. The first-order valence-corrected chi connectivity index (χ1v) is 11.7. The molecule has 0 radical (unpaired) electrons. The summed E-state index contributed by atoms with van der Waals surface area (Å²) in [5.74, 6) is 0. The molecule has 0 unspecified atom stereocenters. The van der Waals surface area contributed by atoms with Crippen molar-refractivity contribution in [1.29, 1.82) is 0 Å². The van der Waals surface area contributed by atoms with Crippen LogP contribution in [0.1, 0.15) is 45.2 Å². The number of pyridine rings is 1. The van der Waals surface area contributed by atoms with Crippen LogP contribution < -0.4 is 9.92 Å². The third kappa shape index (κ3) is 3.50. The Morgan fingerprint density at radius 1 is 0.774 bits per heavy atom. The second-order valence-corrected chi connectivity index (χ2v) is 8.54. The van der Waals surface area contributed by atoms with Crippen molar-refractivity contribution < 1.29 is 4.57 Å². The summed E-state index contributed by atoms with van der Waals surface area (Å²) >= 11 is 0. The lowest BCUT2D eigenvalue weighted by Gasteiger charge is -2.07. The van der Waals surface area contributed by atoms with Gasteiger partial charge in [-0.1, -0.05) is 69.2 Å². The van der Waals surface area contributed by atoms with Gasteiger partial charge >= 0.3 is 0 Å². The van der Waals surface area contributed by atoms with Crippen molar-refractivity contribution in [2.24, 2.45) is 0 Å². The summed E-state index contributed by atoms with van der Waals surface area (Å²) < 4.78 is 5.05. The van der Waals surface area contributed by atoms with Crippen molar-refractivity contribution in [2.75, 3.05) is 0 Å². The number of benzene rings is 3. The summed E-state index contributed by atoms with van der Waals surface area (Å²) in [6.07, 6.45) is 7.19. The van der Waals surface area contributed by atoms with E-state index in [1.165, 1.54) is 69.3 Å². The number of fused-ring (bicyclic) bond motifs is 1. The van der Waals surface area contributed by atoms with Gasteiger partial charge in [-0.05, 0) is 30.0 Å². The monoisotopic (exact) mass is 407 g/mol. The zero-order chi connectivity index (χ0) is 21.2. The highest BCUT2D eigenvalue weighted by Crippen LogP contribution is 2.26. The maximum absolute atomic E-state index is 2.54. The standard InChI is InChI=1S/C29H31N2/c1-3-5-19-30-24(18-17-22-11-7-8-15-26(22)30)21-28-25-14-9-12-23-13-10-16-27(29(23)25)31(28)20-6-4-2/h7-18,21H,3-6,19-20H2,1-2H3/q+1. The van der Waals surface area contributed by atoms with Crippen LogP contribution in [-0.2, 0) is 13.1 Å². The van der Waals surface area contributed by atoms with Crippen LogP contribution in [0.5, 0.6) is 0 Å². The predicted molar refractivity (Wildman–Crippen MR) is 132 cm³/mol. The number of hydrogen-bond acceptors (Lipinski definition) is 0. The van der Waals surface area contributed by atoms with Crippen molar-refractivity contribution in [2.45, 2.75) is 52.6 Å². The molecule has 156 valence electrons. The van der Waals surface area contributed by atoms with E-state index in [2.05, 4.69) is 102 Å². The van der Waals surface area contributed by atoms with E-state index in [-0.39, 0.29) is 0 Å². The molecular weight excluding hydrogens is 376 g/mol. The molecular formula is C29H31N2+. The molecule has 0 aliphatic rings. The molecule has 0 atom stereocenters. The molecule has 0 saturated heterocycles. The third-order valence-corrected chi connectivity index (χ3v) is 6.47. The Hall–Kier alpha value is -3.13. The molecule has 0 N–H and O–H groups in total. The van der Waals surface area contributed by atoms with Crippen molar-refractivity contribution in [3.05, 3.63) is 83.8 Å². The minimum Gasteiger partial charge on any atom is -0.340 e. The molecule has 5 rings (SSSR count). The summed E-state index contributed by atoms with van der Waals surface area (Å²) in [4.78, 5) is 0. The van der Waals surface area contributed by atoms with Crippen LogP contribution in [0.3, 0.4) is 0 Å². The number of nitrogens with zero attached hydrogens (tertiary/aromatic N) is 2. The van der Waals surface area contributed by atoms with Crippen LogP contribution in [0.25, 0.3) is 38.7 Å². The summed E-state index contributed by atoms with van der Waals surface area (Å²) in [5, 5.41) is 6.73. The number of para-hydroxylation sites is 1. The number of unbranched alkanes of at least 4 members (excludes halogenated alkanes) is 2. The van der Waals surface area contributed by atoms with Crippen LogP contribution >= 0.6 is 0 Å². The van der Waals surface area contributed by atoms with Gasteiger partial charge < -0.3 is 4.57 Å². The van der Waals surface area contributed by atoms with Crippen LogP contribution in [0.15, 0.2) is 72.8 Å². The Balaban J connectivity index is 1.83. The summed E-state index contributed by atoms with van der Waals surface area (Å²) in [7, 11) is 0. The van der Waals surface area contributed by atoms with E-state index in [1.54, 1.807) is 0 Å². The van der Waals surface area contributed by atoms with E-state index in [0.717, 1.165) is 13.1 Å². The zero-order valence-electron chi connectivity index (χ0n) is 18.6. The molecule has 2 heteroatoms. The Labute approximate surface area is 184 Å². The Morgan fingerprint density at radius 3 is 2.39 bits per heavy atom. The lowest BCUT2D eigenvalue weighted by atomic mass is 10.1. The van der Waals surface area contributed by atoms with E-state index >= 15 is 0 Å². The fraction of sp³-hybridized carbons (Fsp3) is 0.276. The quantitative estimate of drug-likeness (QED) is 0.277. The Kier molecular flexibility index (Phi) is 5.46. The van der Waals surface area contributed by atoms with Gasteiger partial charge in [0.2, 0.25) is 11.2 Å². The normalized spacial score (nSPS) is 12.5. The highest BCUT2D eigenvalue weighted by atomic mass is 15.0. The first-order valence-electron chi connectivity index (χ1n) is 11.7. The van der Waals surface area contributed by atoms with Gasteiger partial charge in [-0.3, -0.25) is 0 Å². The van der Waals surface area contributed by atoms with Gasteiger partial charge in [0.25, 0.3) is 0 Å². The van der Waals surface area contributed by atoms with Gasteiger partial charge in [0, 0.05) is 52.8 Å². The fourth-order valence-electron chi connectivity index (χ4n) is 4.86. The second kappa shape index (κ2) is 8.55. The van der Waals surface area contributed by atoms with E-state index in [9.17, 15) is 0 Å². The highest BCUT2D eigenvalue weighted by molar-refractivity contribution is 6.10. The van der Waals surface area contributed by atoms with E-state index < -0.39 is 0 Å². The van der Waals surface area contributed by atoms with Gasteiger partial charge in [-0.25, -0.2) is 0 Å². The molecule has 3 aromatic carbocycles. The molecule has 0 saturated carbocycles. The molecule has 0 aliphatic heterocycles. The minimum atomic E-state index is 1.04. The molecule has 5 aromatic rings. The zero-order valence-corrected chi connectivity index (χ0v) is 18.6. The molecule has 0 bridgehead atoms. The van der Waals surface area contributed by atoms with Crippen molar-refractivity contribution in [3.8, 4) is 0 Å². The molecule has 0 fully saturated rings. The molecule has 2 aromatic heterocycles. The van der Waals surface area contributed by atoms with E-state index in [0.29, 0.717) is 0 Å². The Bertz CT molecular complexity index is 1400. The molecule has 0 aliphatic carbocycles. The highest BCUT2D eigenvalue weighted by Gasteiger charge is 2.16. The maximum Gasteiger partial charge on any atom is 0.212 e. The molecule has 2 nitrogen and oxygen atoms in total. The Morgan fingerprint density at radius 2 is 1.55 bits per heavy atom. The summed E-state index contributed by atoms with van der Waals surface area (Å²) in [5.41, 5.74) is 3.96. The van der Waals surface area contributed by atoms with Crippen LogP contribution in [0.4, 0.5) is 0 Å². The lowest BCUT2D eigenvalue weighted by molar-refractivity contribution is -0.673. The van der Waals surface area contributed by atoms with Crippen LogP contribution in [0.2, 0.25) is 0 Å². The minimum absolute atomic E-state index is 1.04. The van der Waals surface area contributed by atoms with Gasteiger partial charge in [-0.2, -0.15) is 4.57 Å². The number of hydrogen-bond donors (Lipinski definition) is 0. The number of rotatable bonds is 7. The van der Waals surface area contributed by atoms with Gasteiger partial charge in [0.1, 0.15) is 6.54 Å². The SMILES string of the molecule is CCCCn1/c(=C/c2ccc3ccccc3[n+]2CCCC)c2cccc3cccc1c32.